The molecule has 3 aliphatic carbocycles. The molecule has 190 valence electrons. The zero-order valence-electron chi connectivity index (χ0n) is 20.5. The highest BCUT2D eigenvalue weighted by atomic mass is 19.4. The van der Waals surface area contributed by atoms with Crippen LogP contribution in [-0.4, -0.2) is 44.8 Å². The van der Waals surface area contributed by atoms with Crippen LogP contribution in [0, 0.1) is 25.7 Å². The summed E-state index contributed by atoms with van der Waals surface area (Å²) in [6, 6.07) is 5.57. The van der Waals surface area contributed by atoms with E-state index in [1.807, 2.05) is 26.0 Å². The van der Waals surface area contributed by atoms with Crippen LogP contribution in [0.5, 0.6) is 5.88 Å². The number of ether oxygens (including phenoxy) is 2. The van der Waals surface area contributed by atoms with Crippen molar-refractivity contribution in [3.8, 4) is 5.88 Å². The van der Waals surface area contributed by atoms with Crippen molar-refractivity contribution in [2.24, 2.45) is 11.8 Å². The van der Waals surface area contributed by atoms with E-state index in [1.54, 1.807) is 13.2 Å². The summed E-state index contributed by atoms with van der Waals surface area (Å²) in [6.45, 7) is 4.24. The predicted octanol–water partition coefficient (Wildman–Crippen LogP) is 5.31. The Hall–Kier alpha value is -2.88. The van der Waals surface area contributed by atoms with Crippen LogP contribution in [0.2, 0.25) is 0 Å². The molecule has 4 fully saturated rings. The van der Waals surface area contributed by atoms with Crippen molar-refractivity contribution >= 4 is 11.2 Å². The minimum atomic E-state index is -4.19. The Morgan fingerprint density at radius 2 is 1.78 bits per heavy atom. The molecule has 3 unspecified atom stereocenters. The molecule has 3 atom stereocenters. The van der Waals surface area contributed by atoms with E-state index in [9.17, 15) is 13.2 Å². The molecule has 36 heavy (non-hydrogen) atoms. The number of hydrogen-bond acceptors (Lipinski definition) is 7. The van der Waals surface area contributed by atoms with Gasteiger partial charge >= 0.3 is 6.18 Å². The summed E-state index contributed by atoms with van der Waals surface area (Å²) >= 11 is 0. The summed E-state index contributed by atoms with van der Waals surface area (Å²) < 4.78 is 52.4. The molecular weight excluding hydrogens is 471 g/mol. The maximum Gasteiger partial charge on any atom is 0.392 e. The monoisotopic (exact) mass is 499 g/mol. The fraction of sp³-hybridized carbons (Fsp3) is 0.577. The molecule has 4 heterocycles. The third-order valence-electron chi connectivity index (χ3n) is 8.30. The fourth-order valence-electron chi connectivity index (χ4n) is 6.30. The Bertz CT molecular complexity index is 1320. The van der Waals surface area contributed by atoms with Crippen molar-refractivity contribution < 1.29 is 22.6 Å². The zero-order chi connectivity index (χ0) is 25.2. The highest BCUT2D eigenvalue weighted by Gasteiger charge is 2.65. The van der Waals surface area contributed by atoms with Crippen molar-refractivity contribution in [1.29, 1.82) is 0 Å². The van der Waals surface area contributed by atoms with Crippen LogP contribution in [0.3, 0.4) is 0 Å². The normalized spacial score (nSPS) is 29.8. The quantitative estimate of drug-likeness (QED) is 0.481. The van der Waals surface area contributed by atoms with Gasteiger partial charge in [-0.3, -0.25) is 0 Å². The zero-order valence-corrected chi connectivity index (χ0v) is 20.5. The number of alkyl halides is 3. The molecule has 0 N–H and O–H groups in total. The first-order chi connectivity index (χ1) is 17.2. The number of halogens is 3. The lowest BCUT2D eigenvalue weighted by Gasteiger charge is -2.39. The largest absolute Gasteiger partial charge is 0.481 e. The number of fused-ring (bicyclic) bond motifs is 2. The summed E-state index contributed by atoms with van der Waals surface area (Å²) in [5.41, 5.74) is 3.31. The van der Waals surface area contributed by atoms with Crippen LogP contribution in [0.1, 0.15) is 72.7 Å². The first-order valence-corrected chi connectivity index (χ1v) is 12.4. The Labute approximate surface area is 206 Å². The first kappa shape index (κ1) is 23.5. The Morgan fingerprint density at radius 1 is 1.00 bits per heavy atom. The lowest BCUT2D eigenvalue weighted by molar-refractivity contribution is -0.180. The minimum absolute atomic E-state index is 0.0320. The van der Waals surface area contributed by atoms with Gasteiger partial charge in [-0.15, -0.1) is 0 Å². The van der Waals surface area contributed by atoms with Crippen LogP contribution in [0.15, 0.2) is 18.2 Å². The highest BCUT2D eigenvalue weighted by Crippen LogP contribution is 2.66. The van der Waals surface area contributed by atoms with E-state index in [0.717, 1.165) is 17.1 Å². The smallest absolute Gasteiger partial charge is 0.392 e. The summed E-state index contributed by atoms with van der Waals surface area (Å²) in [4.78, 5) is 23.7. The lowest BCUT2D eigenvalue weighted by Crippen LogP contribution is -2.35. The van der Waals surface area contributed by atoms with Crippen LogP contribution in [0.25, 0.3) is 11.2 Å². The molecule has 1 saturated heterocycles. The van der Waals surface area contributed by atoms with E-state index in [-0.39, 0.29) is 24.4 Å². The van der Waals surface area contributed by atoms with E-state index in [4.69, 9.17) is 24.4 Å². The highest BCUT2D eigenvalue weighted by molar-refractivity contribution is 5.75. The molecule has 3 saturated carbocycles. The number of hydrogen-bond donors (Lipinski definition) is 0. The molecule has 7 rings (SSSR count). The standard InChI is InChI=1S/C26H28F3N5O2/c1-13-14(2)31-24-21(30-13)22(25-10-16(11-25)17(12-25)26(27,28)29)33-23(34-24)15-7-8-36-19(9-15)18-5-4-6-20(32-18)35-3/h4-6,15-17,19H,7-12H2,1-3H3. The summed E-state index contributed by atoms with van der Waals surface area (Å²) in [7, 11) is 1.57. The van der Waals surface area contributed by atoms with Gasteiger partial charge in [0.15, 0.2) is 5.65 Å². The van der Waals surface area contributed by atoms with Crippen LogP contribution in [-0.2, 0) is 10.2 Å². The van der Waals surface area contributed by atoms with Gasteiger partial charge in [-0.05, 0) is 57.9 Å². The SMILES string of the molecule is COc1cccc(C2CC(c3nc(C45CC(C4)C(C(F)(F)F)C5)c4nc(C)c(C)nc4n3)CCO2)n1. The molecular formula is C26H28F3N5O2. The summed E-state index contributed by atoms with van der Waals surface area (Å²) in [5.74, 6) is -0.528. The number of aryl methyl sites for hydroxylation is 2. The van der Waals surface area contributed by atoms with Crippen LogP contribution < -0.4 is 4.74 Å². The molecule has 1 aliphatic heterocycles. The van der Waals surface area contributed by atoms with E-state index < -0.39 is 17.5 Å². The van der Waals surface area contributed by atoms with Gasteiger partial charge in [-0.1, -0.05) is 6.07 Å². The molecule has 3 aromatic rings. The molecule has 7 nitrogen and oxygen atoms in total. The maximum absolute atomic E-state index is 13.7. The van der Waals surface area contributed by atoms with Crippen molar-refractivity contribution in [3.63, 3.8) is 0 Å². The first-order valence-electron chi connectivity index (χ1n) is 12.4. The molecule has 0 amide bonds. The topological polar surface area (TPSA) is 82.9 Å². The number of nitrogens with zero attached hydrogens (tertiary/aromatic N) is 5. The van der Waals surface area contributed by atoms with Gasteiger partial charge in [-0.25, -0.2) is 24.9 Å². The Balaban J connectivity index is 1.39. The summed E-state index contributed by atoms with van der Waals surface area (Å²) in [6.07, 6.45) is -2.08. The van der Waals surface area contributed by atoms with Crippen LogP contribution >= 0.6 is 0 Å². The van der Waals surface area contributed by atoms with Crippen molar-refractivity contribution in [2.45, 2.75) is 69.6 Å². The molecule has 10 heteroatoms. The van der Waals surface area contributed by atoms with Crippen molar-refractivity contribution in [3.05, 3.63) is 46.8 Å². The number of rotatable bonds is 4. The van der Waals surface area contributed by atoms with Gasteiger partial charge in [0, 0.05) is 24.0 Å². The lowest BCUT2D eigenvalue weighted by atomic mass is 9.67. The van der Waals surface area contributed by atoms with Gasteiger partial charge in [0.1, 0.15) is 17.4 Å². The predicted molar refractivity (Wildman–Crippen MR) is 125 cm³/mol. The second kappa shape index (κ2) is 8.33. The molecule has 0 radical (unpaired) electrons. The van der Waals surface area contributed by atoms with E-state index in [0.29, 0.717) is 60.9 Å². The third-order valence-corrected chi connectivity index (χ3v) is 8.30. The molecule has 2 bridgehead atoms. The number of pyridine rings is 1. The van der Waals surface area contributed by atoms with Crippen LogP contribution in [0.4, 0.5) is 13.2 Å². The van der Waals surface area contributed by atoms with Crippen molar-refractivity contribution in [1.82, 2.24) is 24.9 Å². The van der Waals surface area contributed by atoms with E-state index in [2.05, 4.69) is 9.97 Å². The number of methoxy groups -OCH3 is 1. The second-order valence-electron chi connectivity index (χ2n) is 10.5. The van der Waals surface area contributed by atoms with E-state index >= 15 is 0 Å². The third kappa shape index (κ3) is 3.81. The van der Waals surface area contributed by atoms with Gasteiger partial charge in [-0.2, -0.15) is 13.2 Å². The fourth-order valence-corrected chi connectivity index (χ4v) is 6.30. The van der Waals surface area contributed by atoms with Crippen molar-refractivity contribution in [2.75, 3.05) is 13.7 Å². The Kier molecular flexibility index (Phi) is 5.44. The van der Waals surface area contributed by atoms with Gasteiger partial charge < -0.3 is 9.47 Å². The summed E-state index contributed by atoms with van der Waals surface area (Å²) in [5, 5.41) is 0. The average Bonchev–Trinajstić information content (AvgIpc) is 3.43. The molecule has 3 aromatic heterocycles. The number of aromatic nitrogens is 5. The van der Waals surface area contributed by atoms with E-state index in [1.165, 1.54) is 0 Å². The van der Waals surface area contributed by atoms with Gasteiger partial charge in [0.2, 0.25) is 5.88 Å². The molecule has 0 aromatic carbocycles. The molecule has 4 aliphatic rings. The second-order valence-corrected chi connectivity index (χ2v) is 10.5. The minimum Gasteiger partial charge on any atom is -0.481 e. The van der Waals surface area contributed by atoms with Gasteiger partial charge in [0.05, 0.1) is 35.8 Å². The maximum atomic E-state index is 13.7. The molecule has 0 spiro atoms. The Morgan fingerprint density at radius 3 is 2.50 bits per heavy atom. The average molecular weight is 500 g/mol. The van der Waals surface area contributed by atoms with Gasteiger partial charge in [0.25, 0.3) is 0 Å².